The fourth-order valence-electron chi connectivity index (χ4n) is 2.29. The number of benzene rings is 1. The van der Waals surface area contributed by atoms with Gasteiger partial charge in [0, 0.05) is 44.8 Å². The summed E-state index contributed by atoms with van der Waals surface area (Å²) in [6.45, 7) is 10.2. The minimum atomic E-state index is 0.0208. The van der Waals surface area contributed by atoms with Crippen LogP contribution in [-0.2, 0) is 6.54 Å². The maximum absolute atomic E-state index is 11.9. The molecule has 0 spiro atoms. The van der Waals surface area contributed by atoms with Gasteiger partial charge in [0.15, 0.2) is 0 Å². The van der Waals surface area contributed by atoms with Gasteiger partial charge in [-0.15, -0.1) is 0 Å². The molecule has 0 atom stereocenters. The van der Waals surface area contributed by atoms with Crippen molar-refractivity contribution < 1.29 is 4.79 Å². The Balaban J connectivity index is 1.87. The number of nitrogens with zero attached hydrogens (tertiary/aromatic N) is 1. The highest BCUT2D eigenvalue weighted by Gasteiger charge is 2.10. The molecular weight excluding hydrogens is 250 g/mol. The van der Waals surface area contributed by atoms with Crippen LogP contribution in [0.5, 0.6) is 0 Å². The van der Waals surface area contributed by atoms with Crippen LogP contribution in [0, 0.1) is 5.92 Å². The van der Waals surface area contributed by atoms with E-state index in [9.17, 15) is 4.79 Å². The first-order valence-electron chi connectivity index (χ1n) is 7.45. The highest BCUT2D eigenvalue weighted by Crippen LogP contribution is 2.08. The minimum absolute atomic E-state index is 0.0208. The van der Waals surface area contributed by atoms with E-state index in [2.05, 4.69) is 41.5 Å². The van der Waals surface area contributed by atoms with Gasteiger partial charge in [0.2, 0.25) is 0 Å². The molecule has 4 nitrogen and oxygen atoms in total. The number of piperazine rings is 1. The molecule has 0 aromatic heterocycles. The number of carbonyl (C=O) groups excluding carboxylic acids is 1. The predicted octanol–water partition coefficient (Wildman–Crippen LogP) is 1.48. The lowest BCUT2D eigenvalue weighted by molar-refractivity contribution is 0.0949. The average Bonchev–Trinajstić information content (AvgIpc) is 2.46. The molecule has 0 bridgehead atoms. The zero-order valence-electron chi connectivity index (χ0n) is 12.5. The van der Waals surface area contributed by atoms with Crippen LogP contribution >= 0.6 is 0 Å². The highest BCUT2D eigenvalue weighted by atomic mass is 16.1. The second kappa shape index (κ2) is 7.41. The third-order valence-corrected chi connectivity index (χ3v) is 3.50. The van der Waals surface area contributed by atoms with Crippen LogP contribution in [0.3, 0.4) is 0 Å². The maximum atomic E-state index is 11.9. The van der Waals surface area contributed by atoms with E-state index in [1.54, 1.807) is 0 Å². The molecule has 2 rings (SSSR count). The van der Waals surface area contributed by atoms with Gasteiger partial charge in [-0.2, -0.15) is 0 Å². The molecule has 0 aliphatic carbocycles. The zero-order chi connectivity index (χ0) is 14.4. The first-order valence-corrected chi connectivity index (χ1v) is 7.45. The third kappa shape index (κ3) is 4.62. The van der Waals surface area contributed by atoms with Gasteiger partial charge in [0.1, 0.15) is 0 Å². The van der Waals surface area contributed by atoms with Crippen LogP contribution in [-0.4, -0.2) is 43.5 Å². The van der Waals surface area contributed by atoms with Gasteiger partial charge in [0.05, 0.1) is 0 Å². The van der Waals surface area contributed by atoms with E-state index in [-0.39, 0.29) is 5.91 Å². The Morgan fingerprint density at radius 2 is 1.90 bits per heavy atom. The van der Waals surface area contributed by atoms with Crippen molar-refractivity contribution in [2.75, 3.05) is 32.7 Å². The van der Waals surface area contributed by atoms with Gasteiger partial charge in [0.25, 0.3) is 5.91 Å². The molecule has 1 aromatic carbocycles. The molecule has 1 aliphatic rings. The number of amides is 1. The van der Waals surface area contributed by atoms with Crippen molar-refractivity contribution in [2.45, 2.75) is 20.4 Å². The van der Waals surface area contributed by atoms with Gasteiger partial charge in [-0.25, -0.2) is 0 Å². The molecule has 0 saturated carbocycles. The van der Waals surface area contributed by atoms with Crippen molar-refractivity contribution in [1.29, 1.82) is 0 Å². The molecule has 1 fully saturated rings. The topological polar surface area (TPSA) is 44.4 Å². The molecule has 1 aliphatic heterocycles. The summed E-state index contributed by atoms with van der Waals surface area (Å²) >= 11 is 0. The first-order chi connectivity index (χ1) is 9.65. The van der Waals surface area contributed by atoms with Crippen LogP contribution < -0.4 is 10.6 Å². The average molecular weight is 275 g/mol. The lowest BCUT2D eigenvalue weighted by Gasteiger charge is -2.27. The molecule has 1 heterocycles. The van der Waals surface area contributed by atoms with Crippen LogP contribution in [0.2, 0.25) is 0 Å². The summed E-state index contributed by atoms with van der Waals surface area (Å²) in [6, 6.07) is 7.97. The number of carbonyl (C=O) groups is 1. The van der Waals surface area contributed by atoms with Crippen LogP contribution in [0.25, 0.3) is 0 Å². The van der Waals surface area contributed by atoms with Crippen molar-refractivity contribution >= 4 is 5.91 Å². The Morgan fingerprint density at radius 1 is 1.25 bits per heavy atom. The lowest BCUT2D eigenvalue weighted by atomic mass is 10.1. The van der Waals surface area contributed by atoms with E-state index in [0.717, 1.165) is 44.8 Å². The SMILES string of the molecule is CC(C)CNC(=O)c1ccc(CN2CCNCC2)cc1. The molecule has 20 heavy (non-hydrogen) atoms. The highest BCUT2D eigenvalue weighted by molar-refractivity contribution is 5.94. The van der Waals surface area contributed by atoms with E-state index in [1.807, 2.05) is 12.1 Å². The van der Waals surface area contributed by atoms with Gasteiger partial charge in [-0.3, -0.25) is 9.69 Å². The van der Waals surface area contributed by atoms with Gasteiger partial charge in [-0.05, 0) is 23.6 Å². The van der Waals surface area contributed by atoms with Crippen molar-refractivity contribution in [3.8, 4) is 0 Å². The fourth-order valence-corrected chi connectivity index (χ4v) is 2.29. The molecule has 0 radical (unpaired) electrons. The van der Waals surface area contributed by atoms with Crippen molar-refractivity contribution in [3.05, 3.63) is 35.4 Å². The molecular formula is C16H25N3O. The number of nitrogens with one attached hydrogen (secondary N) is 2. The Bertz CT molecular complexity index is 422. The molecule has 1 amide bonds. The number of hydrogen-bond donors (Lipinski definition) is 2. The van der Waals surface area contributed by atoms with E-state index in [4.69, 9.17) is 0 Å². The van der Waals surface area contributed by atoms with E-state index in [1.165, 1.54) is 5.56 Å². The first kappa shape index (κ1) is 15.0. The Kier molecular flexibility index (Phi) is 5.56. The summed E-state index contributed by atoms with van der Waals surface area (Å²) in [7, 11) is 0. The molecule has 1 saturated heterocycles. The zero-order valence-corrected chi connectivity index (χ0v) is 12.5. The van der Waals surface area contributed by atoms with E-state index in [0.29, 0.717) is 5.92 Å². The molecule has 1 aromatic rings. The summed E-state index contributed by atoms with van der Waals surface area (Å²) in [4.78, 5) is 14.4. The summed E-state index contributed by atoms with van der Waals surface area (Å²) in [5.74, 6) is 0.498. The van der Waals surface area contributed by atoms with Crippen LogP contribution in [0.4, 0.5) is 0 Å². The quantitative estimate of drug-likeness (QED) is 0.855. The van der Waals surface area contributed by atoms with Crippen LogP contribution in [0.15, 0.2) is 24.3 Å². The molecule has 110 valence electrons. The monoisotopic (exact) mass is 275 g/mol. The lowest BCUT2D eigenvalue weighted by Crippen LogP contribution is -2.42. The molecule has 4 heteroatoms. The largest absolute Gasteiger partial charge is 0.352 e. The van der Waals surface area contributed by atoms with Crippen molar-refractivity contribution in [1.82, 2.24) is 15.5 Å². The molecule has 2 N–H and O–H groups in total. The predicted molar refractivity (Wildman–Crippen MR) is 81.8 cm³/mol. The van der Waals surface area contributed by atoms with Crippen molar-refractivity contribution in [2.24, 2.45) is 5.92 Å². The third-order valence-electron chi connectivity index (χ3n) is 3.50. The summed E-state index contributed by atoms with van der Waals surface area (Å²) < 4.78 is 0. The Morgan fingerprint density at radius 3 is 2.50 bits per heavy atom. The van der Waals surface area contributed by atoms with Crippen molar-refractivity contribution in [3.63, 3.8) is 0 Å². The normalized spacial score (nSPS) is 16.4. The second-order valence-electron chi connectivity index (χ2n) is 5.83. The van der Waals surface area contributed by atoms with Gasteiger partial charge in [-0.1, -0.05) is 26.0 Å². The second-order valence-corrected chi connectivity index (χ2v) is 5.83. The minimum Gasteiger partial charge on any atom is -0.352 e. The Hall–Kier alpha value is -1.39. The standard InChI is InChI=1S/C16H25N3O/c1-13(2)11-18-16(20)15-5-3-14(4-6-15)12-19-9-7-17-8-10-19/h3-6,13,17H,7-12H2,1-2H3,(H,18,20). The summed E-state index contributed by atoms with van der Waals surface area (Å²) in [6.07, 6.45) is 0. The van der Waals surface area contributed by atoms with E-state index >= 15 is 0 Å². The smallest absolute Gasteiger partial charge is 0.251 e. The molecule has 0 unspecified atom stereocenters. The number of hydrogen-bond acceptors (Lipinski definition) is 3. The number of rotatable bonds is 5. The van der Waals surface area contributed by atoms with E-state index < -0.39 is 0 Å². The van der Waals surface area contributed by atoms with Gasteiger partial charge >= 0.3 is 0 Å². The maximum Gasteiger partial charge on any atom is 0.251 e. The summed E-state index contributed by atoms with van der Waals surface area (Å²) in [5.41, 5.74) is 2.02. The fraction of sp³-hybridized carbons (Fsp3) is 0.562. The Labute approximate surface area is 121 Å². The van der Waals surface area contributed by atoms with Crippen LogP contribution in [0.1, 0.15) is 29.8 Å². The summed E-state index contributed by atoms with van der Waals surface area (Å²) in [5, 5.41) is 6.29. The van der Waals surface area contributed by atoms with Gasteiger partial charge < -0.3 is 10.6 Å².